The first kappa shape index (κ1) is 16.7. The molecule has 0 atom stereocenters. The Bertz CT molecular complexity index is 821. The lowest BCUT2D eigenvalue weighted by Crippen LogP contribution is -1.96. The smallest absolute Gasteiger partial charge is 0.274 e. The van der Waals surface area contributed by atoms with E-state index in [1.54, 1.807) is 6.07 Å². The highest BCUT2D eigenvalue weighted by atomic mass is 16.6. The highest BCUT2D eigenvalue weighted by Gasteiger charge is 2.15. The molecule has 0 bridgehead atoms. The Labute approximate surface area is 135 Å². The van der Waals surface area contributed by atoms with E-state index in [1.165, 1.54) is 25.3 Å². The Morgan fingerprint density at radius 1 is 1.17 bits per heavy atom. The number of nitrogens with zero attached hydrogens (tertiary/aromatic N) is 3. The number of hydrazone groups is 1. The van der Waals surface area contributed by atoms with Crippen LogP contribution in [0.15, 0.2) is 41.5 Å². The van der Waals surface area contributed by atoms with Gasteiger partial charge in [-0.15, -0.1) is 0 Å². The minimum Gasteiger partial charge on any atom is -0.504 e. The van der Waals surface area contributed by atoms with Crippen LogP contribution in [0.4, 0.5) is 17.1 Å². The molecular weight excluding hydrogens is 320 g/mol. The van der Waals surface area contributed by atoms with Crippen LogP contribution in [0.1, 0.15) is 5.56 Å². The molecule has 0 aliphatic carbocycles. The number of anilines is 1. The van der Waals surface area contributed by atoms with Gasteiger partial charge < -0.3 is 9.84 Å². The zero-order valence-electron chi connectivity index (χ0n) is 12.4. The van der Waals surface area contributed by atoms with Crippen molar-refractivity contribution in [2.45, 2.75) is 0 Å². The van der Waals surface area contributed by atoms with Crippen LogP contribution in [0.25, 0.3) is 0 Å². The van der Waals surface area contributed by atoms with Crippen molar-refractivity contribution in [3.63, 3.8) is 0 Å². The number of phenols is 1. The Balaban J connectivity index is 2.25. The summed E-state index contributed by atoms with van der Waals surface area (Å²) in [4.78, 5) is 20.4. The third kappa shape index (κ3) is 3.74. The number of methoxy groups -OCH3 is 1. The second kappa shape index (κ2) is 7.05. The van der Waals surface area contributed by atoms with Gasteiger partial charge in [0, 0.05) is 23.8 Å². The van der Waals surface area contributed by atoms with Crippen molar-refractivity contribution >= 4 is 23.3 Å². The van der Waals surface area contributed by atoms with Crippen LogP contribution < -0.4 is 10.2 Å². The van der Waals surface area contributed by atoms with Gasteiger partial charge in [-0.25, -0.2) is 0 Å². The van der Waals surface area contributed by atoms with Crippen LogP contribution in [-0.2, 0) is 0 Å². The fraction of sp³-hybridized carbons (Fsp3) is 0.0714. The molecule has 2 aromatic rings. The molecule has 0 amide bonds. The standard InChI is InChI=1S/C14H12N4O6/c1-24-13-7-12(18(22)23)5-9(14(13)19)8-15-16-10-3-2-4-11(6-10)17(20)21/h2-8,16,19H,1H3. The molecule has 10 heteroatoms. The summed E-state index contributed by atoms with van der Waals surface area (Å²) in [5.41, 5.74) is 2.55. The Kier molecular flexibility index (Phi) is 4.90. The number of nitro groups is 2. The number of hydrogen-bond donors (Lipinski definition) is 2. The molecule has 0 heterocycles. The maximum absolute atomic E-state index is 10.9. The quantitative estimate of drug-likeness (QED) is 0.470. The maximum atomic E-state index is 10.9. The van der Waals surface area contributed by atoms with Gasteiger partial charge in [0.2, 0.25) is 0 Å². The van der Waals surface area contributed by atoms with E-state index in [4.69, 9.17) is 4.74 Å². The lowest BCUT2D eigenvalue weighted by molar-refractivity contribution is -0.385. The summed E-state index contributed by atoms with van der Waals surface area (Å²) in [5.74, 6) is -0.381. The molecule has 0 aromatic heterocycles. The number of ether oxygens (including phenoxy) is 1. The molecule has 0 spiro atoms. The molecule has 0 saturated carbocycles. The summed E-state index contributed by atoms with van der Waals surface area (Å²) < 4.78 is 4.87. The largest absolute Gasteiger partial charge is 0.504 e. The van der Waals surface area contributed by atoms with Gasteiger partial charge in [0.25, 0.3) is 11.4 Å². The van der Waals surface area contributed by atoms with Crippen molar-refractivity contribution < 1.29 is 19.7 Å². The highest BCUT2D eigenvalue weighted by Crippen LogP contribution is 2.33. The van der Waals surface area contributed by atoms with Crippen LogP contribution >= 0.6 is 0 Å². The normalized spacial score (nSPS) is 10.5. The van der Waals surface area contributed by atoms with E-state index >= 15 is 0 Å². The third-order valence-corrected chi connectivity index (χ3v) is 2.97. The van der Waals surface area contributed by atoms with Crippen molar-refractivity contribution in [2.24, 2.45) is 5.10 Å². The summed E-state index contributed by atoms with van der Waals surface area (Å²) >= 11 is 0. The molecule has 0 unspecified atom stereocenters. The number of benzene rings is 2. The van der Waals surface area contributed by atoms with Crippen molar-refractivity contribution in [1.82, 2.24) is 0 Å². The SMILES string of the molecule is COc1cc([N+](=O)[O-])cc(C=NNc2cccc([N+](=O)[O-])c2)c1O. The summed E-state index contributed by atoms with van der Waals surface area (Å²) in [5, 5.41) is 35.3. The fourth-order valence-corrected chi connectivity index (χ4v) is 1.84. The van der Waals surface area contributed by atoms with Crippen molar-refractivity contribution in [3.05, 3.63) is 62.2 Å². The van der Waals surface area contributed by atoms with Gasteiger partial charge >= 0.3 is 0 Å². The first-order valence-corrected chi connectivity index (χ1v) is 6.51. The van der Waals surface area contributed by atoms with E-state index in [2.05, 4.69) is 10.5 Å². The highest BCUT2D eigenvalue weighted by molar-refractivity contribution is 5.86. The van der Waals surface area contributed by atoms with Crippen molar-refractivity contribution in [1.29, 1.82) is 0 Å². The molecule has 0 radical (unpaired) electrons. The average molecular weight is 332 g/mol. The van der Waals surface area contributed by atoms with E-state index in [0.29, 0.717) is 5.69 Å². The fourth-order valence-electron chi connectivity index (χ4n) is 1.84. The van der Waals surface area contributed by atoms with Gasteiger partial charge in [0.05, 0.1) is 34.9 Å². The van der Waals surface area contributed by atoms with Crippen LogP contribution in [0, 0.1) is 20.2 Å². The van der Waals surface area contributed by atoms with Crippen molar-refractivity contribution in [2.75, 3.05) is 12.5 Å². The van der Waals surface area contributed by atoms with E-state index in [-0.39, 0.29) is 28.4 Å². The molecule has 124 valence electrons. The van der Waals surface area contributed by atoms with E-state index in [0.717, 1.165) is 18.3 Å². The van der Waals surface area contributed by atoms with Crippen LogP contribution in [0.2, 0.25) is 0 Å². The van der Waals surface area contributed by atoms with Gasteiger partial charge in [0.15, 0.2) is 11.5 Å². The third-order valence-electron chi connectivity index (χ3n) is 2.97. The minimum atomic E-state index is -0.632. The number of hydrogen-bond acceptors (Lipinski definition) is 8. The van der Waals surface area contributed by atoms with E-state index in [9.17, 15) is 25.3 Å². The zero-order chi connectivity index (χ0) is 17.7. The molecule has 2 N–H and O–H groups in total. The molecular formula is C14H12N4O6. The van der Waals surface area contributed by atoms with Crippen LogP contribution in [0.3, 0.4) is 0 Å². The molecule has 24 heavy (non-hydrogen) atoms. The first-order chi connectivity index (χ1) is 11.4. The predicted octanol–water partition coefficient (Wildman–Crippen LogP) is 2.66. The topological polar surface area (TPSA) is 140 Å². The monoisotopic (exact) mass is 332 g/mol. The van der Waals surface area contributed by atoms with E-state index in [1.807, 2.05) is 0 Å². The lowest BCUT2D eigenvalue weighted by Gasteiger charge is -2.06. The Morgan fingerprint density at radius 2 is 1.88 bits per heavy atom. The Hall–Kier alpha value is -3.69. The second-order valence-corrected chi connectivity index (χ2v) is 4.52. The number of nitrogens with one attached hydrogen (secondary N) is 1. The number of aromatic hydroxyl groups is 1. The summed E-state index contributed by atoms with van der Waals surface area (Å²) in [6.45, 7) is 0. The first-order valence-electron chi connectivity index (χ1n) is 6.51. The maximum Gasteiger partial charge on any atom is 0.274 e. The Morgan fingerprint density at radius 3 is 2.50 bits per heavy atom. The molecule has 0 saturated heterocycles. The number of rotatable bonds is 6. The van der Waals surface area contributed by atoms with Gasteiger partial charge in [-0.05, 0) is 6.07 Å². The lowest BCUT2D eigenvalue weighted by atomic mass is 10.2. The van der Waals surface area contributed by atoms with Gasteiger partial charge in [0.1, 0.15) is 0 Å². The van der Waals surface area contributed by atoms with Gasteiger partial charge in [-0.1, -0.05) is 6.07 Å². The second-order valence-electron chi connectivity index (χ2n) is 4.52. The molecule has 0 aliphatic rings. The van der Waals surface area contributed by atoms with Crippen LogP contribution in [-0.4, -0.2) is 28.3 Å². The molecule has 2 rings (SSSR count). The predicted molar refractivity (Wildman–Crippen MR) is 85.6 cm³/mol. The van der Waals surface area contributed by atoms with Crippen molar-refractivity contribution in [3.8, 4) is 11.5 Å². The van der Waals surface area contributed by atoms with Gasteiger partial charge in [-0.2, -0.15) is 5.10 Å². The summed E-state index contributed by atoms with van der Waals surface area (Å²) in [6.07, 6.45) is 1.14. The molecule has 10 nitrogen and oxygen atoms in total. The number of phenolic OH excluding ortho intramolecular Hbond substituents is 1. The van der Waals surface area contributed by atoms with Gasteiger partial charge in [-0.3, -0.25) is 25.7 Å². The van der Waals surface area contributed by atoms with E-state index < -0.39 is 9.85 Å². The average Bonchev–Trinajstić information content (AvgIpc) is 2.56. The number of non-ortho nitro benzene ring substituents is 2. The summed E-state index contributed by atoms with van der Waals surface area (Å²) in [6, 6.07) is 7.83. The minimum absolute atomic E-state index is 0.0546. The summed E-state index contributed by atoms with van der Waals surface area (Å²) in [7, 11) is 1.26. The molecule has 0 aliphatic heterocycles. The zero-order valence-corrected chi connectivity index (χ0v) is 12.4. The molecule has 2 aromatic carbocycles. The number of nitro benzene ring substituents is 2. The van der Waals surface area contributed by atoms with Crippen LogP contribution in [0.5, 0.6) is 11.5 Å². The molecule has 0 fully saturated rings.